The number of nitrogens with one attached hydrogen (secondary N) is 1. The van der Waals surface area contributed by atoms with Gasteiger partial charge in [0.15, 0.2) is 5.82 Å². The minimum absolute atomic E-state index is 0.212. The van der Waals surface area contributed by atoms with Gasteiger partial charge in [-0.2, -0.15) is 5.10 Å². The van der Waals surface area contributed by atoms with Gasteiger partial charge in [-0.3, -0.25) is 14.8 Å². The number of carbonyl (C=O) groups excluding carboxylic acids is 1. The first-order valence-corrected chi connectivity index (χ1v) is 11.2. The highest BCUT2D eigenvalue weighted by Gasteiger charge is 2.30. The van der Waals surface area contributed by atoms with Crippen LogP contribution < -0.4 is 0 Å². The lowest BCUT2D eigenvalue weighted by molar-refractivity contribution is -0.130. The SMILES string of the molecule is CC(=O)N1CCC(CN2CCC(c3n[nH]c(C)n3)N(Cc3ccccc3)CC2)CC1. The second-order valence-electron chi connectivity index (χ2n) is 8.79. The molecule has 162 valence electrons. The predicted molar refractivity (Wildman–Crippen MR) is 117 cm³/mol. The summed E-state index contributed by atoms with van der Waals surface area (Å²) in [6.45, 7) is 10.7. The molecule has 3 heterocycles. The number of aromatic amines is 1. The van der Waals surface area contributed by atoms with E-state index in [0.717, 1.165) is 76.7 Å². The fraction of sp³-hybridized carbons (Fsp3) is 0.609. The van der Waals surface area contributed by atoms with E-state index in [2.05, 4.69) is 55.3 Å². The Morgan fingerprint density at radius 2 is 1.83 bits per heavy atom. The Kier molecular flexibility index (Phi) is 6.79. The van der Waals surface area contributed by atoms with Gasteiger partial charge in [0.2, 0.25) is 5.91 Å². The van der Waals surface area contributed by atoms with Crippen molar-refractivity contribution in [2.45, 2.75) is 45.7 Å². The molecule has 1 aromatic heterocycles. The number of hydrogen-bond donors (Lipinski definition) is 1. The number of nitrogens with zero attached hydrogens (tertiary/aromatic N) is 5. The van der Waals surface area contributed by atoms with Gasteiger partial charge in [0.05, 0.1) is 6.04 Å². The quantitative estimate of drug-likeness (QED) is 0.821. The van der Waals surface area contributed by atoms with Crippen molar-refractivity contribution >= 4 is 5.91 Å². The molecule has 0 bridgehead atoms. The normalized spacial score (nSPS) is 22.2. The molecule has 1 unspecified atom stereocenters. The van der Waals surface area contributed by atoms with Crippen molar-refractivity contribution in [3.05, 3.63) is 47.5 Å². The molecule has 2 aromatic rings. The van der Waals surface area contributed by atoms with Crippen molar-refractivity contribution in [3.8, 4) is 0 Å². The van der Waals surface area contributed by atoms with E-state index in [1.807, 2.05) is 11.8 Å². The van der Waals surface area contributed by atoms with Crippen molar-refractivity contribution in [1.29, 1.82) is 0 Å². The molecule has 1 atom stereocenters. The number of rotatable bonds is 5. The van der Waals surface area contributed by atoms with Crippen molar-refractivity contribution in [2.24, 2.45) is 5.92 Å². The molecule has 2 fully saturated rings. The summed E-state index contributed by atoms with van der Waals surface area (Å²) in [6, 6.07) is 10.9. The molecule has 7 heteroatoms. The zero-order valence-electron chi connectivity index (χ0n) is 18.3. The number of amides is 1. The van der Waals surface area contributed by atoms with Crippen LogP contribution >= 0.6 is 0 Å². The molecular formula is C23H34N6O. The lowest BCUT2D eigenvalue weighted by Crippen LogP contribution is -2.41. The van der Waals surface area contributed by atoms with E-state index < -0.39 is 0 Å². The molecule has 0 radical (unpaired) electrons. The maximum absolute atomic E-state index is 11.6. The van der Waals surface area contributed by atoms with Crippen molar-refractivity contribution < 1.29 is 4.79 Å². The summed E-state index contributed by atoms with van der Waals surface area (Å²) in [7, 11) is 0. The Balaban J connectivity index is 1.40. The maximum atomic E-state index is 11.6. The first kappa shape index (κ1) is 21.0. The highest BCUT2D eigenvalue weighted by Crippen LogP contribution is 2.27. The van der Waals surface area contributed by atoms with Gasteiger partial charge in [0.1, 0.15) is 5.82 Å². The minimum Gasteiger partial charge on any atom is -0.343 e. The van der Waals surface area contributed by atoms with Crippen LogP contribution in [0.3, 0.4) is 0 Å². The first-order chi connectivity index (χ1) is 14.6. The number of piperidine rings is 1. The van der Waals surface area contributed by atoms with Crippen LogP contribution in [0.15, 0.2) is 30.3 Å². The van der Waals surface area contributed by atoms with Crippen molar-refractivity contribution in [3.63, 3.8) is 0 Å². The van der Waals surface area contributed by atoms with Crippen molar-refractivity contribution in [2.75, 3.05) is 39.3 Å². The van der Waals surface area contributed by atoms with Gasteiger partial charge in [-0.25, -0.2) is 4.98 Å². The Morgan fingerprint density at radius 1 is 1.07 bits per heavy atom. The molecule has 0 aliphatic carbocycles. The predicted octanol–water partition coefficient (Wildman–Crippen LogP) is 2.62. The number of aromatic nitrogens is 3. The Morgan fingerprint density at radius 3 is 2.50 bits per heavy atom. The van der Waals surface area contributed by atoms with Gasteiger partial charge < -0.3 is 9.80 Å². The molecule has 2 saturated heterocycles. The van der Waals surface area contributed by atoms with Crippen LogP contribution in [0.5, 0.6) is 0 Å². The van der Waals surface area contributed by atoms with Crippen LogP contribution in [-0.4, -0.2) is 75.1 Å². The van der Waals surface area contributed by atoms with Gasteiger partial charge in [0, 0.05) is 52.7 Å². The fourth-order valence-electron chi connectivity index (χ4n) is 4.81. The Labute approximate surface area is 179 Å². The Hall–Kier alpha value is -2.25. The molecule has 0 saturated carbocycles. The molecule has 7 nitrogen and oxygen atoms in total. The molecule has 0 spiro atoms. The average Bonchev–Trinajstić information content (AvgIpc) is 3.08. The first-order valence-electron chi connectivity index (χ1n) is 11.2. The van der Waals surface area contributed by atoms with Crippen LogP contribution in [0.2, 0.25) is 0 Å². The summed E-state index contributed by atoms with van der Waals surface area (Å²) in [6.07, 6.45) is 3.27. The molecule has 1 N–H and O–H groups in total. The van der Waals surface area contributed by atoms with E-state index in [9.17, 15) is 4.79 Å². The number of aryl methyl sites for hydroxylation is 1. The smallest absolute Gasteiger partial charge is 0.219 e. The fourth-order valence-corrected chi connectivity index (χ4v) is 4.81. The molecule has 2 aliphatic rings. The van der Waals surface area contributed by atoms with Crippen LogP contribution in [0.1, 0.15) is 49.4 Å². The standard InChI is InChI=1S/C23H34N6O/c1-18-24-23(26-25-18)22-10-11-27(16-21-8-12-28(13-9-21)19(2)30)14-15-29(22)17-20-6-4-3-5-7-20/h3-7,21-22H,8-17H2,1-2H3,(H,24,25,26). The van der Waals surface area contributed by atoms with E-state index in [0.29, 0.717) is 5.92 Å². The van der Waals surface area contributed by atoms with E-state index in [1.165, 1.54) is 5.56 Å². The van der Waals surface area contributed by atoms with Gasteiger partial charge in [0.25, 0.3) is 0 Å². The summed E-state index contributed by atoms with van der Waals surface area (Å²) in [5, 5.41) is 7.53. The van der Waals surface area contributed by atoms with Gasteiger partial charge in [-0.1, -0.05) is 30.3 Å². The number of carbonyl (C=O) groups is 1. The molecule has 4 rings (SSSR count). The average molecular weight is 411 g/mol. The third kappa shape index (κ3) is 5.26. The minimum atomic E-state index is 0.212. The Bertz CT molecular complexity index is 814. The van der Waals surface area contributed by atoms with Crippen LogP contribution in [0, 0.1) is 12.8 Å². The summed E-state index contributed by atoms with van der Waals surface area (Å²) in [5.74, 6) is 2.69. The summed E-state index contributed by atoms with van der Waals surface area (Å²) < 4.78 is 0. The number of hydrogen-bond acceptors (Lipinski definition) is 5. The zero-order valence-corrected chi connectivity index (χ0v) is 18.3. The van der Waals surface area contributed by atoms with E-state index >= 15 is 0 Å². The van der Waals surface area contributed by atoms with E-state index in [-0.39, 0.29) is 11.9 Å². The summed E-state index contributed by atoms with van der Waals surface area (Å²) >= 11 is 0. The number of H-pyrrole nitrogens is 1. The zero-order chi connectivity index (χ0) is 20.9. The van der Waals surface area contributed by atoms with Crippen LogP contribution in [0.4, 0.5) is 0 Å². The third-order valence-corrected chi connectivity index (χ3v) is 6.58. The second kappa shape index (κ2) is 9.71. The van der Waals surface area contributed by atoms with Crippen LogP contribution in [-0.2, 0) is 11.3 Å². The van der Waals surface area contributed by atoms with Gasteiger partial charge in [-0.05, 0) is 37.7 Å². The van der Waals surface area contributed by atoms with E-state index in [4.69, 9.17) is 0 Å². The monoisotopic (exact) mass is 410 g/mol. The molecule has 1 aromatic carbocycles. The molecule has 30 heavy (non-hydrogen) atoms. The largest absolute Gasteiger partial charge is 0.343 e. The van der Waals surface area contributed by atoms with Crippen molar-refractivity contribution in [1.82, 2.24) is 29.9 Å². The lowest BCUT2D eigenvalue weighted by Gasteiger charge is -2.34. The summed E-state index contributed by atoms with van der Waals surface area (Å²) in [4.78, 5) is 23.4. The van der Waals surface area contributed by atoms with Gasteiger partial charge in [-0.15, -0.1) is 0 Å². The second-order valence-corrected chi connectivity index (χ2v) is 8.79. The van der Waals surface area contributed by atoms with Gasteiger partial charge >= 0.3 is 0 Å². The summed E-state index contributed by atoms with van der Waals surface area (Å²) in [5.41, 5.74) is 1.33. The highest BCUT2D eigenvalue weighted by molar-refractivity contribution is 5.73. The lowest BCUT2D eigenvalue weighted by atomic mass is 9.96. The highest BCUT2D eigenvalue weighted by atomic mass is 16.2. The molecular weight excluding hydrogens is 376 g/mol. The maximum Gasteiger partial charge on any atom is 0.219 e. The number of benzene rings is 1. The van der Waals surface area contributed by atoms with Crippen LogP contribution in [0.25, 0.3) is 0 Å². The van der Waals surface area contributed by atoms with E-state index in [1.54, 1.807) is 6.92 Å². The molecule has 2 aliphatic heterocycles. The third-order valence-electron chi connectivity index (χ3n) is 6.58. The molecule has 1 amide bonds. The topological polar surface area (TPSA) is 68.4 Å². The number of likely N-dealkylation sites (tertiary alicyclic amines) is 1.